The van der Waals surface area contributed by atoms with Crippen LogP contribution < -0.4 is 15.4 Å². The molecule has 7 heteroatoms. The Morgan fingerprint density at radius 1 is 1.17 bits per heavy atom. The van der Waals surface area contributed by atoms with Gasteiger partial charge in [0.05, 0.1) is 17.2 Å². The van der Waals surface area contributed by atoms with E-state index in [0.717, 1.165) is 17.9 Å². The van der Waals surface area contributed by atoms with Crippen LogP contribution in [0, 0.1) is 0 Å². The van der Waals surface area contributed by atoms with E-state index < -0.39 is 5.91 Å². The molecule has 24 heavy (non-hydrogen) atoms. The zero-order valence-corrected chi connectivity index (χ0v) is 15.3. The van der Waals surface area contributed by atoms with Gasteiger partial charge in [0.15, 0.2) is 5.11 Å². The first-order valence-corrected chi connectivity index (χ1v) is 8.46. The number of ether oxygens (including phenoxy) is 1. The summed E-state index contributed by atoms with van der Waals surface area (Å²) in [5, 5.41) is 6.41. The zero-order chi connectivity index (χ0) is 17.5. The molecule has 0 aliphatic heterocycles. The second-order valence-corrected chi connectivity index (χ2v) is 6.16. The molecule has 2 N–H and O–H groups in total. The van der Waals surface area contributed by atoms with E-state index in [4.69, 9.17) is 40.2 Å². The van der Waals surface area contributed by atoms with Crippen LogP contribution in [0.4, 0.5) is 5.69 Å². The zero-order valence-electron chi connectivity index (χ0n) is 12.9. The Morgan fingerprint density at radius 2 is 1.88 bits per heavy atom. The van der Waals surface area contributed by atoms with Gasteiger partial charge < -0.3 is 10.1 Å². The lowest BCUT2D eigenvalue weighted by molar-refractivity contribution is 0.0978. The molecule has 0 saturated heterocycles. The van der Waals surface area contributed by atoms with Crippen molar-refractivity contribution in [1.29, 1.82) is 0 Å². The van der Waals surface area contributed by atoms with E-state index in [1.807, 2.05) is 31.2 Å². The topological polar surface area (TPSA) is 50.4 Å². The SMILES string of the molecule is CCCOc1ccc(NC(=S)NC(=O)c2ccc(Cl)cc2Cl)cc1. The minimum Gasteiger partial charge on any atom is -0.494 e. The van der Waals surface area contributed by atoms with E-state index in [2.05, 4.69) is 10.6 Å². The number of hydrogen-bond acceptors (Lipinski definition) is 3. The van der Waals surface area contributed by atoms with Gasteiger partial charge >= 0.3 is 0 Å². The van der Waals surface area contributed by atoms with Crippen LogP contribution in [-0.2, 0) is 0 Å². The standard InChI is InChI=1S/C17H16Cl2N2O2S/c1-2-9-23-13-6-4-12(5-7-13)20-17(24)21-16(22)14-8-3-11(18)10-15(14)19/h3-8,10H,2,9H2,1H3,(H2,20,21,22,24). The Balaban J connectivity index is 1.93. The van der Waals surface area contributed by atoms with Crippen LogP contribution >= 0.6 is 35.4 Å². The first-order valence-electron chi connectivity index (χ1n) is 7.30. The molecule has 0 bridgehead atoms. The fraction of sp³-hybridized carbons (Fsp3) is 0.176. The van der Waals surface area contributed by atoms with E-state index in [0.29, 0.717) is 17.2 Å². The van der Waals surface area contributed by atoms with Crippen LogP contribution in [0.15, 0.2) is 42.5 Å². The predicted octanol–water partition coefficient (Wildman–Crippen LogP) is 4.91. The highest BCUT2D eigenvalue weighted by molar-refractivity contribution is 7.80. The minimum absolute atomic E-state index is 0.174. The molecule has 2 aromatic rings. The van der Waals surface area contributed by atoms with Crippen molar-refractivity contribution in [2.24, 2.45) is 0 Å². The molecule has 0 fully saturated rings. The summed E-state index contributed by atoms with van der Waals surface area (Å²) in [5.41, 5.74) is 1.04. The van der Waals surface area contributed by atoms with E-state index in [1.54, 1.807) is 12.1 Å². The second kappa shape index (κ2) is 8.87. The molecule has 126 valence electrons. The first-order chi connectivity index (χ1) is 11.5. The number of amides is 1. The van der Waals surface area contributed by atoms with Crippen molar-refractivity contribution in [1.82, 2.24) is 5.32 Å². The average Bonchev–Trinajstić information content (AvgIpc) is 2.54. The van der Waals surface area contributed by atoms with Gasteiger partial charge in [-0.2, -0.15) is 0 Å². The number of benzene rings is 2. The number of thiocarbonyl (C=S) groups is 1. The summed E-state index contributed by atoms with van der Waals surface area (Å²) >= 11 is 17.0. The maximum Gasteiger partial charge on any atom is 0.258 e. The predicted molar refractivity (Wildman–Crippen MR) is 102 cm³/mol. The molecule has 0 aliphatic rings. The fourth-order valence-electron chi connectivity index (χ4n) is 1.86. The van der Waals surface area contributed by atoms with Crippen molar-refractivity contribution < 1.29 is 9.53 Å². The molecular formula is C17H16Cl2N2O2S. The van der Waals surface area contributed by atoms with Crippen LogP contribution in [0.1, 0.15) is 23.7 Å². The van der Waals surface area contributed by atoms with E-state index >= 15 is 0 Å². The maximum absolute atomic E-state index is 12.2. The van der Waals surface area contributed by atoms with Gasteiger partial charge in [-0.3, -0.25) is 10.1 Å². The van der Waals surface area contributed by atoms with Gasteiger partial charge in [0.2, 0.25) is 0 Å². The highest BCUT2D eigenvalue weighted by Crippen LogP contribution is 2.21. The third-order valence-corrected chi connectivity index (χ3v) is 3.74. The Labute approximate surface area is 156 Å². The van der Waals surface area contributed by atoms with Crippen molar-refractivity contribution in [3.05, 3.63) is 58.1 Å². The summed E-state index contributed by atoms with van der Waals surface area (Å²) in [7, 11) is 0. The molecule has 4 nitrogen and oxygen atoms in total. The number of nitrogens with one attached hydrogen (secondary N) is 2. The van der Waals surface area contributed by atoms with Gasteiger partial charge in [-0.25, -0.2) is 0 Å². The van der Waals surface area contributed by atoms with Gasteiger partial charge in [-0.1, -0.05) is 30.1 Å². The Kier molecular flexibility index (Phi) is 6.85. The normalized spacial score (nSPS) is 10.1. The molecule has 0 unspecified atom stereocenters. The van der Waals surface area contributed by atoms with Gasteiger partial charge in [0.25, 0.3) is 5.91 Å². The molecule has 1 amide bonds. The molecule has 0 heterocycles. The third kappa shape index (κ3) is 5.37. The summed E-state index contributed by atoms with van der Waals surface area (Å²) in [6, 6.07) is 11.9. The fourth-order valence-corrected chi connectivity index (χ4v) is 2.57. The molecule has 0 atom stereocenters. The Hall–Kier alpha value is -1.82. The van der Waals surface area contributed by atoms with Crippen LogP contribution in [-0.4, -0.2) is 17.6 Å². The highest BCUT2D eigenvalue weighted by atomic mass is 35.5. The molecular weight excluding hydrogens is 367 g/mol. The van der Waals surface area contributed by atoms with Gasteiger partial charge in [-0.05, 0) is 61.1 Å². The molecule has 0 radical (unpaired) electrons. The molecule has 0 spiro atoms. The lowest BCUT2D eigenvalue weighted by atomic mass is 10.2. The molecule has 0 saturated carbocycles. The number of hydrogen-bond donors (Lipinski definition) is 2. The summed E-state index contributed by atoms with van der Waals surface area (Å²) in [5.74, 6) is 0.377. The third-order valence-electron chi connectivity index (χ3n) is 2.99. The number of carbonyl (C=O) groups excluding carboxylic acids is 1. The summed E-state index contributed by atoms with van der Waals surface area (Å²) in [4.78, 5) is 12.2. The number of anilines is 1. The summed E-state index contributed by atoms with van der Waals surface area (Å²) in [6.45, 7) is 2.72. The number of halogens is 2. The molecule has 2 rings (SSSR count). The van der Waals surface area contributed by atoms with Crippen LogP contribution in [0.2, 0.25) is 10.0 Å². The first kappa shape index (κ1) is 18.5. The Bertz CT molecular complexity index is 736. The van der Waals surface area contributed by atoms with E-state index in [9.17, 15) is 4.79 Å². The second-order valence-electron chi connectivity index (χ2n) is 4.91. The lowest BCUT2D eigenvalue weighted by Gasteiger charge is -2.11. The van der Waals surface area contributed by atoms with Crippen molar-refractivity contribution in [3.8, 4) is 5.75 Å². The summed E-state index contributed by atoms with van der Waals surface area (Å²) < 4.78 is 5.50. The van der Waals surface area contributed by atoms with Crippen LogP contribution in [0.25, 0.3) is 0 Å². The van der Waals surface area contributed by atoms with Crippen molar-refractivity contribution in [3.63, 3.8) is 0 Å². The quantitative estimate of drug-likeness (QED) is 0.721. The monoisotopic (exact) mass is 382 g/mol. The van der Waals surface area contributed by atoms with E-state index in [-0.39, 0.29) is 10.1 Å². The highest BCUT2D eigenvalue weighted by Gasteiger charge is 2.12. The van der Waals surface area contributed by atoms with Gasteiger partial charge in [0.1, 0.15) is 5.75 Å². The van der Waals surface area contributed by atoms with Crippen LogP contribution in [0.3, 0.4) is 0 Å². The lowest BCUT2D eigenvalue weighted by Crippen LogP contribution is -2.34. The molecule has 2 aromatic carbocycles. The van der Waals surface area contributed by atoms with E-state index in [1.165, 1.54) is 6.07 Å². The Morgan fingerprint density at radius 3 is 2.50 bits per heavy atom. The van der Waals surface area contributed by atoms with Gasteiger partial charge in [-0.15, -0.1) is 0 Å². The molecule has 0 aliphatic carbocycles. The number of carbonyl (C=O) groups is 1. The smallest absolute Gasteiger partial charge is 0.258 e. The van der Waals surface area contributed by atoms with Crippen molar-refractivity contribution in [2.45, 2.75) is 13.3 Å². The van der Waals surface area contributed by atoms with Crippen molar-refractivity contribution in [2.75, 3.05) is 11.9 Å². The summed E-state index contributed by atoms with van der Waals surface area (Å²) in [6.07, 6.45) is 0.948. The largest absolute Gasteiger partial charge is 0.494 e. The van der Waals surface area contributed by atoms with Crippen molar-refractivity contribution >= 4 is 52.1 Å². The minimum atomic E-state index is -0.405. The average molecular weight is 383 g/mol. The van der Waals surface area contributed by atoms with Crippen LogP contribution in [0.5, 0.6) is 5.75 Å². The van der Waals surface area contributed by atoms with Gasteiger partial charge in [0, 0.05) is 10.7 Å². The maximum atomic E-state index is 12.2. The number of rotatable bonds is 5. The molecule has 0 aromatic heterocycles.